The van der Waals surface area contributed by atoms with Crippen molar-refractivity contribution >= 4 is 29.1 Å². The van der Waals surface area contributed by atoms with Crippen LogP contribution in [0.15, 0.2) is 109 Å². The maximum absolute atomic E-state index is 14.8. The number of anilines is 1. The zero-order valence-corrected chi connectivity index (χ0v) is 23.2. The largest absolute Gasteiger partial charge is 0.352 e. The molecule has 0 saturated carbocycles. The van der Waals surface area contributed by atoms with Crippen LogP contribution < -0.4 is 4.90 Å². The Kier molecular flexibility index (Phi) is 5.90. The molecule has 4 aromatic rings. The summed E-state index contributed by atoms with van der Waals surface area (Å²) < 4.78 is 0. The van der Waals surface area contributed by atoms with Crippen LogP contribution in [0.4, 0.5) is 5.69 Å². The van der Waals surface area contributed by atoms with Gasteiger partial charge in [-0.3, -0.25) is 14.4 Å². The summed E-state index contributed by atoms with van der Waals surface area (Å²) in [5, 5.41) is 0. The highest BCUT2D eigenvalue weighted by Gasteiger charge is 2.71. The second kappa shape index (κ2) is 9.52. The van der Waals surface area contributed by atoms with Crippen molar-refractivity contribution in [3.8, 4) is 0 Å². The van der Waals surface area contributed by atoms with Crippen molar-refractivity contribution in [3.05, 3.63) is 143 Å². The number of carbonyl (C=O) groups excluding carboxylic acids is 3. The van der Waals surface area contributed by atoms with Crippen molar-refractivity contribution in [2.24, 2.45) is 11.3 Å². The van der Waals surface area contributed by atoms with Crippen molar-refractivity contribution in [1.82, 2.24) is 0 Å². The first kappa shape index (κ1) is 25.4. The maximum Gasteiger partial charge on any atom is 0.185 e. The standard InChI is InChI=1S/C37H31NO3/c1-23(2)22-24-16-18-27(19-17-24)34(39)33-32(26-11-4-3-5-12-26)37(35(40)28-13-7-8-14-29(28)36(37)41)31-21-20-25-10-6-9-15-30(25)38(31)33/h3-21,23,31-33H,22H2,1-2H3/t31?,32-,33+/m1/s1. The van der Waals surface area contributed by atoms with Gasteiger partial charge >= 0.3 is 0 Å². The smallest absolute Gasteiger partial charge is 0.185 e. The highest BCUT2D eigenvalue weighted by Crippen LogP contribution is 2.60. The molecule has 1 unspecified atom stereocenters. The number of nitrogens with zero attached hydrogens (tertiary/aromatic N) is 1. The molecule has 4 heteroatoms. The topological polar surface area (TPSA) is 54.5 Å². The predicted octanol–water partition coefficient (Wildman–Crippen LogP) is 7.20. The number of fused-ring (bicyclic) bond motifs is 5. The van der Waals surface area contributed by atoms with Crippen LogP contribution in [0, 0.1) is 11.3 Å². The van der Waals surface area contributed by atoms with Crippen LogP contribution in [0.5, 0.6) is 0 Å². The second-order valence-corrected chi connectivity index (χ2v) is 11.8. The minimum absolute atomic E-state index is 0.0847. The van der Waals surface area contributed by atoms with Gasteiger partial charge in [-0.2, -0.15) is 0 Å². The third-order valence-electron chi connectivity index (χ3n) is 9.02. The summed E-state index contributed by atoms with van der Waals surface area (Å²) in [6, 6.07) is 31.2. The van der Waals surface area contributed by atoms with Gasteiger partial charge in [0, 0.05) is 28.3 Å². The number of hydrogen-bond acceptors (Lipinski definition) is 4. The first-order chi connectivity index (χ1) is 19.9. The lowest BCUT2D eigenvalue weighted by atomic mass is 9.64. The maximum atomic E-state index is 14.8. The highest BCUT2D eigenvalue weighted by molar-refractivity contribution is 6.32. The molecule has 3 atom stereocenters. The Morgan fingerprint density at radius 2 is 1.39 bits per heavy atom. The average Bonchev–Trinajstić information content (AvgIpc) is 3.43. The van der Waals surface area contributed by atoms with E-state index in [4.69, 9.17) is 0 Å². The second-order valence-electron chi connectivity index (χ2n) is 11.8. The summed E-state index contributed by atoms with van der Waals surface area (Å²) in [6.45, 7) is 4.35. The molecule has 0 bridgehead atoms. The number of hydrogen-bond donors (Lipinski definition) is 0. The molecule has 0 N–H and O–H groups in total. The molecule has 0 amide bonds. The lowest BCUT2D eigenvalue weighted by Gasteiger charge is -2.37. The third kappa shape index (κ3) is 3.63. The van der Waals surface area contributed by atoms with Crippen molar-refractivity contribution < 1.29 is 14.4 Å². The van der Waals surface area contributed by atoms with E-state index < -0.39 is 23.4 Å². The van der Waals surface area contributed by atoms with E-state index in [0.29, 0.717) is 22.6 Å². The van der Waals surface area contributed by atoms with E-state index in [0.717, 1.165) is 23.2 Å². The molecule has 7 rings (SSSR count). The summed E-state index contributed by atoms with van der Waals surface area (Å²) in [4.78, 5) is 46.1. The molecule has 1 aliphatic carbocycles. The molecule has 1 fully saturated rings. The van der Waals surface area contributed by atoms with Gasteiger partial charge in [0.25, 0.3) is 0 Å². The van der Waals surface area contributed by atoms with Gasteiger partial charge in [-0.15, -0.1) is 0 Å². The van der Waals surface area contributed by atoms with E-state index in [1.54, 1.807) is 24.3 Å². The van der Waals surface area contributed by atoms with E-state index in [9.17, 15) is 14.4 Å². The Bertz CT molecular complexity index is 1680. The van der Waals surface area contributed by atoms with Crippen LogP contribution in [-0.2, 0) is 6.42 Å². The first-order valence-corrected chi connectivity index (χ1v) is 14.3. The molecular formula is C37H31NO3. The fraction of sp³-hybridized carbons (Fsp3) is 0.216. The Morgan fingerprint density at radius 1 is 0.780 bits per heavy atom. The molecular weight excluding hydrogens is 506 g/mol. The lowest BCUT2D eigenvalue weighted by molar-refractivity contribution is 0.0666. The predicted molar refractivity (Wildman–Crippen MR) is 162 cm³/mol. The van der Waals surface area contributed by atoms with Gasteiger partial charge in [0.15, 0.2) is 17.3 Å². The fourth-order valence-electron chi connectivity index (χ4n) is 7.40. The molecule has 0 aromatic heterocycles. The SMILES string of the molecule is CC(C)Cc1ccc(C(=O)[C@@H]2[C@@H](c3ccccc3)C3(C(=O)c4ccccc4C3=O)C3C=Cc4ccccc4N32)cc1. The molecule has 1 saturated heterocycles. The number of Topliss-reactive ketones (excluding diaryl/α,β-unsaturated/α-hetero) is 3. The van der Waals surface area contributed by atoms with E-state index in [1.807, 2.05) is 91.0 Å². The molecule has 4 aromatic carbocycles. The van der Waals surface area contributed by atoms with E-state index >= 15 is 0 Å². The van der Waals surface area contributed by atoms with Crippen molar-refractivity contribution in [2.45, 2.75) is 38.3 Å². The number of rotatable bonds is 5. The molecule has 202 valence electrons. The van der Waals surface area contributed by atoms with Crippen LogP contribution >= 0.6 is 0 Å². The average molecular weight is 538 g/mol. The molecule has 2 heterocycles. The van der Waals surface area contributed by atoms with Gasteiger partial charge in [0.1, 0.15) is 11.5 Å². The zero-order valence-electron chi connectivity index (χ0n) is 23.2. The third-order valence-corrected chi connectivity index (χ3v) is 9.02. The molecule has 1 spiro atoms. The van der Waals surface area contributed by atoms with Gasteiger partial charge in [-0.25, -0.2) is 0 Å². The highest BCUT2D eigenvalue weighted by atomic mass is 16.2. The zero-order chi connectivity index (χ0) is 28.3. The Labute approximate surface area is 240 Å². The summed E-state index contributed by atoms with van der Waals surface area (Å²) in [7, 11) is 0. The normalized spacial score (nSPS) is 21.7. The summed E-state index contributed by atoms with van der Waals surface area (Å²) in [6.07, 6.45) is 4.90. The van der Waals surface area contributed by atoms with Gasteiger partial charge in [0.05, 0.1) is 6.04 Å². The molecule has 41 heavy (non-hydrogen) atoms. The molecule has 0 radical (unpaired) electrons. The Balaban J connectivity index is 1.47. The van der Waals surface area contributed by atoms with Gasteiger partial charge < -0.3 is 4.90 Å². The van der Waals surface area contributed by atoms with Crippen molar-refractivity contribution in [2.75, 3.05) is 4.90 Å². The number of carbonyl (C=O) groups is 3. The van der Waals surface area contributed by atoms with Gasteiger partial charge in [-0.05, 0) is 35.1 Å². The first-order valence-electron chi connectivity index (χ1n) is 14.3. The van der Waals surface area contributed by atoms with Gasteiger partial charge in [-0.1, -0.05) is 123 Å². The minimum Gasteiger partial charge on any atom is -0.352 e. The van der Waals surface area contributed by atoms with E-state index in [2.05, 4.69) is 18.7 Å². The number of benzene rings is 4. The molecule has 4 nitrogen and oxygen atoms in total. The fourth-order valence-corrected chi connectivity index (χ4v) is 7.40. The molecule has 2 aliphatic heterocycles. The Hall–Kier alpha value is -4.57. The van der Waals surface area contributed by atoms with Crippen LogP contribution in [0.3, 0.4) is 0 Å². The van der Waals surface area contributed by atoms with Crippen LogP contribution in [0.1, 0.15) is 67.5 Å². The Morgan fingerprint density at radius 3 is 2.05 bits per heavy atom. The lowest BCUT2D eigenvalue weighted by Crippen LogP contribution is -2.48. The monoisotopic (exact) mass is 537 g/mol. The van der Waals surface area contributed by atoms with Gasteiger partial charge in [0.2, 0.25) is 0 Å². The van der Waals surface area contributed by atoms with Crippen LogP contribution in [-0.4, -0.2) is 29.4 Å². The number of para-hydroxylation sites is 1. The van der Waals surface area contributed by atoms with E-state index in [1.165, 1.54) is 5.56 Å². The number of ketones is 3. The van der Waals surface area contributed by atoms with E-state index in [-0.39, 0.29) is 17.3 Å². The summed E-state index contributed by atoms with van der Waals surface area (Å²) >= 11 is 0. The molecule has 3 aliphatic rings. The minimum atomic E-state index is -1.47. The summed E-state index contributed by atoms with van der Waals surface area (Å²) in [5.74, 6) is -0.660. The van der Waals surface area contributed by atoms with Crippen molar-refractivity contribution in [1.29, 1.82) is 0 Å². The quantitative estimate of drug-likeness (QED) is 0.200. The van der Waals surface area contributed by atoms with Crippen molar-refractivity contribution in [3.63, 3.8) is 0 Å². The van der Waals surface area contributed by atoms with Crippen LogP contribution in [0.2, 0.25) is 0 Å². The summed E-state index contributed by atoms with van der Waals surface area (Å²) in [5.41, 5.74) is 3.83. The van der Waals surface area contributed by atoms with Crippen LogP contribution in [0.25, 0.3) is 6.08 Å².